The van der Waals surface area contributed by atoms with Gasteiger partial charge in [0.15, 0.2) is 0 Å². The zero-order valence-electron chi connectivity index (χ0n) is 36.3. The van der Waals surface area contributed by atoms with E-state index in [0.717, 1.165) is 90.1 Å². The van der Waals surface area contributed by atoms with E-state index in [4.69, 9.17) is 9.47 Å². The summed E-state index contributed by atoms with van der Waals surface area (Å²) in [4.78, 5) is 27.8. The molecule has 0 aliphatic carbocycles. The minimum Gasteiger partial charge on any atom is -0.462 e. The summed E-state index contributed by atoms with van der Waals surface area (Å²) in [5.41, 5.74) is 0. The fraction of sp³-hybridized carbons (Fsp3) is 0.957. The van der Waals surface area contributed by atoms with Crippen molar-refractivity contribution in [2.75, 3.05) is 26.2 Å². The van der Waals surface area contributed by atoms with E-state index in [2.05, 4.69) is 32.6 Å². The van der Waals surface area contributed by atoms with Crippen LogP contribution in [0, 0.1) is 0 Å². The van der Waals surface area contributed by atoms with Crippen molar-refractivity contribution < 1.29 is 24.2 Å². The van der Waals surface area contributed by atoms with Crippen LogP contribution in [-0.2, 0) is 19.1 Å². The lowest BCUT2D eigenvalue weighted by Crippen LogP contribution is -2.29. The van der Waals surface area contributed by atoms with Gasteiger partial charge < -0.3 is 19.5 Å². The van der Waals surface area contributed by atoms with Crippen molar-refractivity contribution in [2.24, 2.45) is 0 Å². The third-order valence-corrected chi connectivity index (χ3v) is 11.0. The molecule has 0 spiro atoms. The number of ether oxygens (including phenoxy) is 2. The molecule has 0 aromatic carbocycles. The molecule has 316 valence electrons. The maximum absolute atomic E-state index is 12.8. The second kappa shape index (κ2) is 42.0. The van der Waals surface area contributed by atoms with Crippen molar-refractivity contribution in [2.45, 2.75) is 265 Å². The number of aliphatic hydroxyl groups is 1. The summed E-state index contributed by atoms with van der Waals surface area (Å²) in [6.07, 6.45) is 40.3. The van der Waals surface area contributed by atoms with Crippen molar-refractivity contribution in [1.82, 2.24) is 4.90 Å². The standard InChI is InChI=1S/C47H93NO5/c1-5-9-13-16-19-22-29-35-44(34-26-12-8-4)52-46(50)38-30-23-24-32-40-48(42-43-49)41-33-25-31-39-47(51)53-45(36-27-20-17-14-10-6-2)37-28-21-18-15-11-7-3/h44-45,49H,5-43H2,1-4H3. The highest BCUT2D eigenvalue weighted by Crippen LogP contribution is 2.20. The highest BCUT2D eigenvalue weighted by atomic mass is 16.5. The molecule has 0 bridgehead atoms. The summed E-state index contributed by atoms with van der Waals surface area (Å²) in [6, 6.07) is 0. The predicted molar refractivity (Wildman–Crippen MR) is 228 cm³/mol. The van der Waals surface area contributed by atoms with E-state index >= 15 is 0 Å². The Morgan fingerprint density at radius 2 is 0.679 bits per heavy atom. The largest absolute Gasteiger partial charge is 0.462 e. The molecule has 6 nitrogen and oxygen atoms in total. The lowest BCUT2D eigenvalue weighted by Gasteiger charge is -2.21. The Morgan fingerprint density at radius 3 is 1.06 bits per heavy atom. The average Bonchev–Trinajstić information content (AvgIpc) is 3.15. The topological polar surface area (TPSA) is 76.1 Å². The first-order valence-corrected chi connectivity index (χ1v) is 23.7. The SMILES string of the molecule is CCCCCCCCCC(CCCCC)OC(=O)CCCCCCN(CCO)CCCCCC(=O)OC(CCCCCCCC)CCCCCCCC. The van der Waals surface area contributed by atoms with Gasteiger partial charge in [0.2, 0.25) is 0 Å². The lowest BCUT2D eigenvalue weighted by molar-refractivity contribution is -0.151. The molecule has 0 aliphatic rings. The Labute approximate surface area is 331 Å². The van der Waals surface area contributed by atoms with Gasteiger partial charge in [-0.15, -0.1) is 0 Å². The first kappa shape index (κ1) is 51.9. The van der Waals surface area contributed by atoms with Crippen molar-refractivity contribution >= 4 is 11.9 Å². The molecule has 0 aromatic heterocycles. The van der Waals surface area contributed by atoms with Crippen LogP contribution in [0.15, 0.2) is 0 Å². The maximum Gasteiger partial charge on any atom is 0.306 e. The van der Waals surface area contributed by atoms with Crippen LogP contribution in [0.1, 0.15) is 252 Å². The zero-order chi connectivity index (χ0) is 38.9. The summed E-state index contributed by atoms with van der Waals surface area (Å²) < 4.78 is 12.0. The van der Waals surface area contributed by atoms with Crippen LogP contribution in [0.3, 0.4) is 0 Å². The molecule has 0 radical (unpaired) electrons. The third kappa shape index (κ3) is 37.6. The molecular formula is C47H93NO5. The third-order valence-electron chi connectivity index (χ3n) is 11.0. The summed E-state index contributed by atoms with van der Waals surface area (Å²) in [7, 11) is 0. The minimum atomic E-state index is -0.0109. The van der Waals surface area contributed by atoms with Gasteiger partial charge in [0.05, 0.1) is 6.61 Å². The molecule has 6 heteroatoms. The molecule has 0 saturated heterocycles. The van der Waals surface area contributed by atoms with E-state index in [1.165, 1.54) is 135 Å². The molecule has 0 aromatic rings. The number of nitrogens with zero attached hydrogens (tertiary/aromatic N) is 1. The quantitative estimate of drug-likeness (QED) is 0.0494. The van der Waals surface area contributed by atoms with Crippen LogP contribution >= 0.6 is 0 Å². The van der Waals surface area contributed by atoms with Gasteiger partial charge in [0.25, 0.3) is 0 Å². The number of esters is 2. The number of aliphatic hydroxyl groups excluding tert-OH is 1. The summed E-state index contributed by atoms with van der Waals surface area (Å²) in [5, 5.41) is 9.63. The average molecular weight is 752 g/mol. The van der Waals surface area contributed by atoms with Crippen LogP contribution in [0.2, 0.25) is 0 Å². The summed E-state index contributed by atoms with van der Waals surface area (Å²) >= 11 is 0. The van der Waals surface area contributed by atoms with Gasteiger partial charge in [-0.1, -0.05) is 163 Å². The fourth-order valence-corrected chi connectivity index (χ4v) is 7.49. The van der Waals surface area contributed by atoms with Crippen LogP contribution in [0.5, 0.6) is 0 Å². The van der Waals surface area contributed by atoms with E-state index in [-0.39, 0.29) is 30.8 Å². The molecule has 1 unspecified atom stereocenters. The van der Waals surface area contributed by atoms with E-state index in [1.54, 1.807) is 0 Å². The minimum absolute atomic E-state index is 0.00800. The molecule has 0 amide bonds. The van der Waals surface area contributed by atoms with E-state index in [9.17, 15) is 14.7 Å². The highest BCUT2D eigenvalue weighted by molar-refractivity contribution is 5.69. The van der Waals surface area contributed by atoms with Crippen molar-refractivity contribution in [3.63, 3.8) is 0 Å². The Kier molecular flexibility index (Phi) is 41.1. The van der Waals surface area contributed by atoms with Gasteiger partial charge in [0.1, 0.15) is 12.2 Å². The summed E-state index contributed by atoms with van der Waals surface area (Å²) in [6.45, 7) is 11.8. The Hall–Kier alpha value is -1.14. The molecular weight excluding hydrogens is 659 g/mol. The van der Waals surface area contributed by atoms with Crippen LogP contribution < -0.4 is 0 Å². The van der Waals surface area contributed by atoms with Gasteiger partial charge >= 0.3 is 11.9 Å². The fourth-order valence-electron chi connectivity index (χ4n) is 7.49. The molecule has 0 heterocycles. The smallest absolute Gasteiger partial charge is 0.306 e. The van der Waals surface area contributed by atoms with Gasteiger partial charge in [-0.05, 0) is 90.1 Å². The van der Waals surface area contributed by atoms with Crippen molar-refractivity contribution in [3.8, 4) is 0 Å². The van der Waals surface area contributed by atoms with Crippen LogP contribution in [-0.4, -0.2) is 60.4 Å². The molecule has 1 atom stereocenters. The number of rotatable bonds is 43. The molecule has 0 saturated carbocycles. The zero-order valence-corrected chi connectivity index (χ0v) is 36.3. The maximum atomic E-state index is 12.8. The van der Waals surface area contributed by atoms with Gasteiger partial charge in [-0.25, -0.2) is 0 Å². The predicted octanol–water partition coefficient (Wildman–Crippen LogP) is 13.8. The number of carbonyl (C=O) groups is 2. The summed E-state index contributed by atoms with van der Waals surface area (Å²) in [5.74, 6) is -0.0189. The van der Waals surface area contributed by atoms with Crippen LogP contribution in [0.25, 0.3) is 0 Å². The van der Waals surface area contributed by atoms with E-state index in [0.29, 0.717) is 19.4 Å². The molecule has 0 rings (SSSR count). The van der Waals surface area contributed by atoms with E-state index in [1.807, 2.05) is 0 Å². The normalized spacial score (nSPS) is 12.2. The monoisotopic (exact) mass is 752 g/mol. The Morgan fingerprint density at radius 1 is 0.396 bits per heavy atom. The second-order valence-electron chi connectivity index (χ2n) is 16.3. The molecule has 53 heavy (non-hydrogen) atoms. The molecule has 0 fully saturated rings. The second-order valence-corrected chi connectivity index (χ2v) is 16.3. The number of hydrogen-bond donors (Lipinski definition) is 1. The molecule has 0 aliphatic heterocycles. The Bertz CT molecular complexity index is 745. The molecule has 1 N–H and O–H groups in total. The van der Waals surface area contributed by atoms with Crippen LogP contribution in [0.4, 0.5) is 0 Å². The van der Waals surface area contributed by atoms with Crippen molar-refractivity contribution in [3.05, 3.63) is 0 Å². The number of carbonyl (C=O) groups excluding carboxylic acids is 2. The highest BCUT2D eigenvalue weighted by Gasteiger charge is 2.16. The van der Waals surface area contributed by atoms with Crippen molar-refractivity contribution in [1.29, 1.82) is 0 Å². The van der Waals surface area contributed by atoms with Gasteiger partial charge in [0, 0.05) is 19.4 Å². The van der Waals surface area contributed by atoms with E-state index < -0.39 is 0 Å². The first-order chi connectivity index (χ1) is 26.0. The lowest BCUT2D eigenvalue weighted by atomic mass is 10.0. The van der Waals surface area contributed by atoms with Gasteiger partial charge in [-0.3, -0.25) is 9.59 Å². The Balaban J connectivity index is 4.28. The first-order valence-electron chi connectivity index (χ1n) is 23.7. The number of unbranched alkanes of at least 4 members (excludes halogenated alkanes) is 23. The number of hydrogen-bond acceptors (Lipinski definition) is 6. The van der Waals surface area contributed by atoms with Gasteiger partial charge in [-0.2, -0.15) is 0 Å².